The molecule has 0 radical (unpaired) electrons. The number of hydrogen-bond acceptors (Lipinski definition) is 2. The van der Waals surface area contributed by atoms with Crippen molar-refractivity contribution < 1.29 is 14.7 Å². The van der Waals surface area contributed by atoms with Crippen molar-refractivity contribution >= 4 is 17.7 Å². The van der Waals surface area contributed by atoms with Gasteiger partial charge in [-0.1, -0.05) is 39.0 Å². The molecule has 0 fully saturated rings. The average molecular weight is 278 g/mol. The summed E-state index contributed by atoms with van der Waals surface area (Å²) in [7, 11) is 0. The Hall–Kier alpha value is -2.04. The summed E-state index contributed by atoms with van der Waals surface area (Å²) in [5, 5.41) is 11.6. The third kappa shape index (κ3) is 5.73. The number of rotatable bonds is 5. The van der Waals surface area contributed by atoms with Crippen LogP contribution >= 0.6 is 0 Å². The summed E-state index contributed by atoms with van der Waals surface area (Å²) in [6, 6.07) is 8.80. The summed E-state index contributed by atoms with van der Waals surface area (Å²) in [6.07, 6.45) is -0.0855. The van der Waals surface area contributed by atoms with Crippen molar-refractivity contribution in [3.63, 3.8) is 0 Å². The van der Waals surface area contributed by atoms with Crippen molar-refractivity contribution in [2.24, 2.45) is 5.41 Å². The van der Waals surface area contributed by atoms with Gasteiger partial charge in [0.2, 0.25) is 0 Å². The highest BCUT2D eigenvalue weighted by molar-refractivity contribution is 5.92. The molecule has 1 aromatic rings. The second kappa shape index (κ2) is 6.93. The highest BCUT2D eigenvalue weighted by atomic mass is 16.4. The molecule has 0 unspecified atom stereocenters. The maximum absolute atomic E-state index is 12.2. The van der Waals surface area contributed by atoms with Crippen molar-refractivity contribution in [3.05, 3.63) is 30.3 Å². The fourth-order valence-corrected chi connectivity index (χ4v) is 1.60. The third-order valence-electron chi connectivity index (χ3n) is 2.63. The zero-order valence-electron chi connectivity index (χ0n) is 12.2. The highest BCUT2D eigenvalue weighted by Crippen LogP contribution is 2.15. The van der Waals surface area contributed by atoms with E-state index in [-0.39, 0.29) is 24.4 Å². The van der Waals surface area contributed by atoms with Crippen LogP contribution in [0.2, 0.25) is 0 Å². The lowest BCUT2D eigenvalue weighted by atomic mass is 9.97. The lowest BCUT2D eigenvalue weighted by Gasteiger charge is -2.25. The molecule has 0 saturated heterocycles. The zero-order valence-corrected chi connectivity index (χ0v) is 12.2. The number of carboxylic acids is 1. The van der Waals surface area contributed by atoms with Gasteiger partial charge >= 0.3 is 12.0 Å². The fraction of sp³-hybridized carbons (Fsp3) is 0.467. The van der Waals surface area contributed by atoms with Crippen molar-refractivity contribution in [2.45, 2.75) is 27.2 Å². The first-order valence-corrected chi connectivity index (χ1v) is 6.62. The Morgan fingerprint density at radius 3 is 2.30 bits per heavy atom. The fourth-order valence-electron chi connectivity index (χ4n) is 1.60. The largest absolute Gasteiger partial charge is 0.481 e. The molecule has 2 amide bonds. The molecule has 0 aliphatic carbocycles. The van der Waals surface area contributed by atoms with Crippen LogP contribution in [-0.4, -0.2) is 30.2 Å². The first-order chi connectivity index (χ1) is 9.29. The number of anilines is 1. The van der Waals surface area contributed by atoms with E-state index in [0.717, 1.165) is 0 Å². The van der Waals surface area contributed by atoms with Gasteiger partial charge in [0, 0.05) is 18.8 Å². The number of nitrogens with zero attached hydrogens (tertiary/aromatic N) is 1. The van der Waals surface area contributed by atoms with E-state index < -0.39 is 5.97 Å². The molecule has 0 bridgehead atoms. The van der Waals surface area contributed by atoms with E-state index >= 15 is 0 Å². The van der Waals surface area contributed by atoms with Crippen LogP contribution in [0.4, 0.5) is 10.5 Å². The summed E-state index contributed by atoms with van der Waals surface area (Å²) in [6.45, 7) is 6.75. The summed E-state index contributed by atoms with van der Waals surface area (Å²) in [5.41, 5.74) is 0.672. The lowest BCUT2D eigenvalue weighted by Crippen LogP contribution is -2.44. The van der Waals surface area contributed by atoms with Crippen LogP contribution in [0.15, 0.2) is 30.3 Å². The molecule has 0 heterocycles. The van der Waals surface area contributed by atoms with Crippen molar-refractivity contribution in [3.8, 4) is 0 Å². The molecule has 5 heteroatoms. The van der Waals surface area contributed by atoms with E-state index in [1.165, 1.54) is 4.90 Å². The topological polar surface area (TPSA) is 69.6 Å². The molecule has 5 nitrogen and oxygen atoms in total. The minimum atomic E-state index is -0.922. The number of carbonyl (C=O) groups excluding carboxylic acids is 1. The van der Waals surface area contributed by atoms with Crippen LogP contribution in [0.25, 0.3) is 0 Å². The number of amides is 2. The SMILES string of the molecule is CC(C)(C)CNC(=O)N(CCC(=O)O)c1ccccc1. The van der Waals surface area contributed by atoms with E-state index in [2.05, 4.69) is 5.32 Å². The number of carboxylic acid groups (broad SMARTS) is 1. The Morgan fingerprint density at radius 2 is 1.80 bits per heavy atom. The van der Waals surface area contributed by atoms with Gasteiger partial charge in [0.1, 0.15) is 0 Å². The molecule has 20 heavy (non-hydrogen) atoms. The second-order valence-electron chi connectivity index (χ2n) is 5.85. The van der Waals surface area contributed by atoms with Gasteiger partial charge in [0.05, 0.1) is 6.42 Å². The van der Waals surface area contributed by atoms with Crippen LogP contribution in [0.5, 0.6) is 0 Å². The Labute approximate surface area is 119 Å². The number of carbonyl (C=O) groups is 2. The molecule has 0 aliphatic heterocycles. The maximum atomic E-state index is 12.2. The van der Waals surface area contributed by atoms with E-state index in [9.17, 15) is 9.59 Å². The average Bonchev–Trinajstić information content (AvgIpc) is 2.36. The highest BCUT2D eigenvalue weighted by Gasteiger charge is 2.19. The molecule has 110 valence electrons. The minimum absolute atomic E-state index is 0.0230. The Kier molecular flexibility index (Phi) is 5.55. The number of urea groups is 1. The van der Waals surface area contributed by atoms with Crippen molar-refractivity contribution in [1.29, 1.82) is 0 Å². The molecular formula is C15H22N2O3. The van der Waals surface area contributed by atoms with Gasteiger partial charge in [-0.15, -0.1) is 0 Å². The first-order valence-electron chi connectivity index (χ1n) is 6.62. The predicted octanol–water partition coefficient (Wildman–Crippen LogP) is 2.72. The van der Waals surface area contributed by atoms with Gasteiger partial charge in [-0.2, -0.15) is 0 Å². The molecule has 1 aromatic carbocycles. The van der Waals surface area contributed by atoms with Gasteiger partial charge < -0.3 is 10.4 Å². The van der Waals surface area contributed by atoms with Crippen LogP contribution in [0, 0.1) is 5.41 Å². The van der Waals surface area contributed by atoms with E-state index in [1.54, 1.807) is 12.1 Å². The number of para-hydroxylation sites is 1. The molecule has 0 saturated carbocycles. The maximum Gasteiger partial charge on any atom is 0.321 e. The number of hydrogen-bond donors (Lipinski definition) is 2. The Balaban J connectivity index is 2.77. The van der Waals surface area contributed by atoms with Crippen LogP contribution in [-0.2, 0) is 4.79 Å². The molecular weight excluding hydrogens is 256 g/mol. The second-order valence-corrected chi connectivity index (χ2v) is 5.85. The number of nitrogens with one attached hydrogen (secondary N) is 1. The van der Waals surface area contributed by atoms with Gasteiger partial charge in [0.25, 0.3) is 0 Å². The van der Waals surface area contributed by atoms with Crippen LogP contribution < -0.4 is 10.2 Å². The summed E-state index contributed by atoms with van der Waals surface area (Å²) in [5.74, 6) is -0.922. The van der Waals surface area contributed by atoms with Crippen molar-refractivity contribution in [2.75, 3.05) is 18.0 Å². The standard InChI is InChI=1S/C15H22N2O3/c1-15(2,3)11-16-14(20)17(10-9-13(18)19)12-7-5-4-6-8-12/h4-8H,9-11H2,1-3H3,(H,16,20)(H,18,19). The summed E-state index contributed by atoms with van der Waals surface area (Å²) >= 11 is 0. The Morgan fingerprint density at radius 1 is 1.20 bits per heavy atom. The van der Waals surface area contributed by atoms with Crippen LogP contribution in [0.3, 0.4) is 0 Å². The summed E-state index contributed by atoms with van der Waals surface area (Å²) in [4.78, 5) is 24.4. The van der Waals surface area contributed by atoms with Gasteiger partial charge in [-0.05, 0) is 17.5 Å². The van der Waals surface area contributed by atoms with Gasteiger partial charge in [0.15, 0.2) is 0 Å². The zero-order chi connectivity index (χ0) is 15.2. The Bertz CT molecular complexity index is 452. The van der Waals surface area contributed by atoms with Gasteiger partial charge in [-0.25, -0.2) is 4.79 Å². The monoisotopic (exact) mass is 278 g/mol. The molecule has 0 aromatic heterocycles. The quantitative estimate of drug-likeness (QED) is 0.870. The normalized spacial score (nSPS) is 10.9. The predicted molar refractivity (Wildman–Crippen MR) is 78.9 cm³/mol. The molecule has 2 N–H and O–H groups in total. The smallest absolute Gasteiger partial charge is 0.321 e. The van der Waals surface area contributed by atoms with E-state index in [1.807, 2.05) is 39.0 Å². The lowest BCUT2D eigenvalue weighted by molar-refractivity contribution is -0.136. The first kappa shape index (κ1) is 16.0. The number of aliphatic carboxylic acids is 1. The van der Waals surface area contributed by atoms with Crippen LogP contribution in [0.1, 0.15) is 27.2 Å². The molecule has 1 rings (SSSR count). The molecule has 0 spiro atoms. The van der Waals surface area contributed by atoms with E-state index in [4.69, 9.17) is 5.11 Å². The molecule has 0 aliphatic rings. The minimum Gasteiger partial charge on any atom is -0.481 e. The summed E-state index contributed by atoms with van der Waals surface area (Å²) < 4.78 is 0. The number of benzene rings is 1. The third-order valence-corrected chi connectivity index (χ3v) is 2.63. The molecule has 0 atom stereocenters. The van der Waals surface area contributed by atoms with Gasteiger partial charge in [-0.3, -0.25) is 9.69 Å². The van der Waals surface area contributed by atoms with E-state index in [0.29, 0.717) is 12.2 Å². The van der Waals surface area contributed by atoms with Crippen molar-refractivity contribution in [1.82, 2.24) is 5.32 Å².